The van der Waals surface area contributed by atoms with E-state index in [2.05, 4.69) is 10.3 Å². The first-order valence-electron chi connectivity index (χ1n) is 13.8. The lowest BCUT2D eigenvalue weighted by Gasteiger charge is -2.39. The Morgan fingerprint density at radius 1 is 1.07 bits per heavy atom. The fourth-order valence-corrected chi connectivity index (χ4v) is 5.97. The number of nitrogens with zero attached hydrogens (tertiary/aromatic N) is 3. The second-order valence-electron chi connectivity index (χ2n) is 11.9. The number of carbonyl (C=O) groups is 2. The summed E-state index contributed by atoms with van der Waals surface area (Å²) < 4.78 is 36.4. The van der Waals surface area contributed by atoms with Gasteiger partial charge in [-0.3, -0.25) is 0 Å². The van der Waals surface area contributed by atoms with E-state index in [1.165, 1.54) is 18.1 Å². The molecule has 0 spiro atoms. The van der Waals surface area contributed by atoms with Crippen molar-refractivity contribution in [2.24, 2.45) is 11.3 Å². The topological polar surface area (TPSA) is 104 Å². The van der Waals surface area contributed by atoms with Crippen LogP contribution in [-0.2, 0) is 11.3 Å². The van der Waals surface area contributed by atoms with Crippen LogP contribution in [0.25, 0.3) is 0 Å². The summed E-state index contributed by atoms with van der Waals surface area (Å²) in [5.74, 6) is -1.39. The number of alkyl halides is 2. The van der Waals surface area contributed by atoms with Crippen molar-refractivity contribution in [2.45, 2.75) is 91.8 Å². The molecular formula is C30H42F2N4O5. The molecule has 3 rings (SSSR count). The molecule has 4 atom stereocenters. The van der Waals surface area contributed by atoms with E-state index < -0.39 is 48.1 Å². The molecule has 1 saturated heterocycles. The maximum Gasteiger partial charge on any atom is 0.387 e. The second kappa shape index (κ2) is 13.0. The number of aliphatic carboxylic acids is 1. The van der Waals surface area contributed by atoms with Gasteiger partial charge in [-0.25, -0.2) is 14.6 Å². The Labute approximate surface area is 240 Å². The fraction of sp³-hybridized carbons (Fsp3) is 0.567. The van der Waals surface area contributed by atoms with Gasteiger partial charge in [-0.15, -0.1) is 0 Å². The van der Waals surface area contributed by atoms with Crippen LogP contribution in [0.5, 0.6) is 11.6 Å². The Bertz CT molecular complexity index is 1200. The van der Waals surface area contributed by atoms with Crippen LogP contribution in [0.1, 0.15) is 65.8 Å². The Morgan fingerprint density at radius 2 is 1.71 bits per heavy atom. The largest absolute Gasteiger partial charge is 0.481 e. The number of amides is 2. The highest BCUT2D eigenvalue weighted by atomic mass is 19.3. The van der Waals surface area contributed by atoms with E-state index in [-0.39, 0.29) is 24.4 Å². The number of aromatic nitrogens is 1. The molecule has 2 N–H and O–H groups in total. The van der Waals surface area contributed by atoms with Crippen LogP contribution in [0.15, 0.2) is 42.5 Å². The van der Waals surface area contributed by atoms with Crippen molar-refractivity contribution in [1.29, 1.82) is 0 Å². The van der Waals surface area contributed by atoms with E-state index in [1.807, 2.05) is 48.5 Å². The summed E-state index contributed by atoms with van der Waals surface area (Å²) >= 11 is 0. The number of ether oxygens (including phenoxy) is 2. The Hall–Kier alpha value is -3.47. The Balaban J connectivity index is 2.22. The highest BCUT2D eigenvalue weighted by Crippen LogP contribution is 2.48. The average Bonchev–Trinajstić information content (AvgIpc) is 3.23. The number of halogens is 2. The van der Waals surface area contributed by atoms with Gasteiger partial charge < -0.3 is 29.7 Å². The molecule has 2 heterocycles. The molecule has 1 aliphatic heterocycles. The van der Waals surface area contributed by atoms with E-state index in [9.17, 15) is 23.5 Å². The molecule has 9 nitrogen and oxygen atoms in total. The summed E-state index contributed by atoms with van der Waals surface area (Å²) in [5.41, 5.74) is 0.338. The van der Waals surface area contributed by atoms with Gasteiger partial charge in [0.2, 0.25) is 5.88 Å². The SMILES string of the molecule is COc1cccc([C@@H]2[C@H](NCc3ccccc3OC(F)F)[C@@H](C(C)(C)C)[C@H](C(=O)O)N2C(=O)N(C(C)C)C(C)C)n1. The lowest BCUT2D eigenvalue weighted by Crippen LogP contribution is -2.55. The molecule has 226 valence electrons. The third kappa shape index (κ3) is 7.06. The number of carboxylic acids is 1. The number of pyridine rings is 1. The first-order chi connectivity index (χ1) is 19.2. The molecule has 1 fully saturated rings. The number of hydrogen-bond donors (Lipinski definition) is 2. The van der Waals surface area contributed by atoms with Gasteiger partial charge in [0, 0.05) is 42.2 Å². The summed E-state index contributed by atoms with van der Waals surface area (Å²) in [6.07, 6.45) is 0. The zero-order valence-electron chi connectivity index (χ0n) is 25.0. The minimum Gasteiger partial charge on any atom is -0.481 e. The first-order valence-corrected chi connectivity index (χ1v) is 13.8. The highest BCUT2D eigenvalue weighted by Gasteiger charge is 2.59. The van der Waals surface area contributed by atoms with Crippen LogP contribution in [0.4, 0.5) is 13.6 Å². The Morgan fingerprint density at radius 3 is 2.24 bits per heavy atom. The molecule has 0 radical (unpaired) electrons. The predicted molar refractivity (Wildman–Crippen MR) is 151 cm³/mol. The molecule has 1 aliphatic rings. The van der Waals surface area contributed by atoms with Gasteiger partial charge in [0.15, 0.2) is 0 Å². The van der Waals surface area contributed by atoms with Crippen molar-refractivity contribution in [3.8, 4) is 11.6 Å². The summed E-state index contributed by atoms with van der Waals surface area (Å²) in [6, 6.07) is 8.15. The molecule has 11 heteroatoms. The van der Waals surface area contributed by atoms with Crippen molar-refractivity contribution in [3.63, 3.8) is 0 Å². The molecule has 41 heavy (non-hydrogen) atoms. The molecule has 0 bridgehead atoms. The maximum atomic E-state index is 14.3. The number of carboxylic acid groups (broad SMARTS) is 1. The monoisotopic (exact) mass is 576 g/mol. The van der Waals surface area contributed by atoms with Gasteiger partial charge in [0.05, 0.1) is 18.8 Å². The second-order valence-corrected chi connectivity index (χ2v) is 11.9. The molecule has 0 unspecified atom stereocenters. The van der Waals surface area contributed by atoms with Gasteiger partial charge in [-0.2, -0.15) is 8.78 Å². The normalized spacial score (nSPS) is 21.0. The maximum absolute atomic E-state index is 14.3. The number of likely N-dealkylation sites (tertiary alicyclic amines) is 1. The molecule has 0 aliphatic carbocycles. The average molecular weight is 577 g/mol. The standard InChI is InChI=1S/C30H42F2N4O5/c1-17(2)35(18(3)4)29(39)36-25(20-13-11-15-22(34-20)40-8)24(23(30(5,6)7)26(36)27(37)38)33-16-19-12-9-10-14-21(19)41-28(31)32/h9-15,17-18,23-26,28,33H,16H2,1-8H3,(H,37,38)/t23-,24-,25-,26-/m1/s1. The number of urea groups is 1. The summed E-state index contributed by atoms with van der Waals surface area (Å²) in [5, 5.41) is 14.1. The van der Waals surface area contributed by atoms with E-state index in [4.69, 9.17) is 9.47 Å². The zero-order valence-corrected chi connectivity index (χ0v) is 25.0. The minimum atomic E-state index is -3.00. The summed E-state index contributed by atoms with van der Waals surface area (Å²) in [4.78, 5) is 35.1. The third-order valence-electron chi connectivity index (χ3n) is 7.45. The van der Waals surface area contributed by atoms with Crippen molar-refractivity contribution in [1.82, 2.24) is 20.1 Å². The number of nitrogens with one attached hydrogen (secondary N) is 1. The van der Waals surface area contributed by atoms with E-state index in [0.29, 0.717) is 17.1 Å². The zero-order chi connectivity index (χ0) is 30.6. The van der Waals surface area contributed by atoms with Gasteiger partial charge >= 0.3 is 18.6 Å². The van der Waals surface area contributed by atoms with Gasteiger partial charge in [-0.1, -0.05) is 45.0 Å². The number of rotatable bonds is 10. The van der Waals surface area contributed by atoms with Crippen LogP contribution in [0.3, 0.4) is 0 Å². The first kappa shape index (κ1) is 32.0. The molecule has 1 aromatic carbocycles. The molecule has 2 amide bonds. The van der Waals surface area contributed by atoms with Crippen LogP contribution in [0.2, 0.25) is 0 Å². The number of para-hydroxylation sites is 1. The number of methoxy groups -OCH3 is 1. The van der Waals surface area contributed by atoms with Gasteiger partial charge in [-0.05, 0) is 45.2 Å². The molecular weight excluding hydrogens is 534 g/mol. The van der Waals surface area contributed by atoms with E-state index in [0.717, 1.165) is 0 Å². The van der Waals surface area contributed by atoms with Crippen molar-refractivity contribution in [2.75, 3.05) is 7.11 Å². The Kier molecular flexibility index (Phi) is 10.2. The summed E-state index contributed by atoms with van der Waals surface area (Å²) in [6.45, 7) is 10.4. The van der Waals surface area contributed by atoms with Gasteiger partial charge in [0.25, 0.3) is 0 Å². The number of benzene rings is 1. The fourth-order valence-electron chi connectivity index (χ4n) is 5.97. The molecule has 0 saturated carbocycles. The highest BCUT2D eigenvalue weighted by molar-refractivity contribution is 5.85. The number of hydrogen-bond acceptors (Lipinski definition) is 6. The summed E-state index contributed by atoms with van der Waals surface area (Å²) in [7, 11) is 1.48. The van der Waals surface area contributed by atoms with Crippen molar-refractivity contribution in [3.05, 3.63) is 53.7 Å². The lowest BCUT2D eigenvalue weighted by molar-refractivity contribution is -0.144. The van der Waals surface area contributed by atoms with Crippen molar-refractivity contribution < 1.29 is 33.0 Å². The van der Waals surface area contributed by atoms with Crippen LogP contribution in [0, 0.1) is 11.3 Å². The van der Waals surface area contributed by atoms with Crippen molar-refractivity contribution >= 4 is 12.0 Å². The molecule has 2 aromatic rings. The molecule has 1 aromatic heterocycles. The lowest BCUT2D eigenvalue weighted by atomic mass is 9.73. The third-order valence-corrected chi connectivity index (χ3v) is 7.45. The minimum absolute atomic E-state index is 0.0184. The van der Waals surface area contributed by atoms with Gasteiger partial charge in [0.1, 0.15) is 11.8 Å². The quantitative estimate of drug-likeness (QED) is 0.382. The van der Waals surface area contributed by atoms with Crippen LogP contribution >= 0.6 is 0 Å². The van der Waals surface area contributed by atoms with Crippen LogP contribution in [-0.4, -0.2) is 69.8 Å². The van der Waals surface area contributed by atoms with E-state index >= 15 is 0 Å². The van der Waals surface area contributed by atoms with Crippen LogP contribution < -0.4 is 14.8 Å². The van der Waals surface area contributed by atoms with E-state index in [1.54, 1.807) is 41.3 Å². The predicted octanol–water partition coefficient (Wildman–Crippen LogP) is 5.56. The smallest absolute Gasteiger partial charge is 0.387 e. The number of carbonyl (C=O) groups excluding carboxylic acids is 1.